The van der Waals surface area contributed by atoms with E-state index in [2.05, 4.69) is 33.9 Å². The Labute approximate surface area is 122 Å². The molecule has 0 saturated carbocycles. The number of aromatic nitrogens is 5. The maximum Gasteiger partial charge on any atom is 0.181 e. The molecule has 6 heteroatoms. The molecule has 3 rings (SSSR count). The van der Waals surface area contributed by atoms with Gasteiger partial charge >= 0.3 is 0 Å². The van der Waals surface area contributed by atoms with Crippen LogP contribution in [0.4, 0.5) is 5.69 Å². The summed E-state index contributed by atoms with van der Waals surface area (Å²) in [5.41, 5.74) is 8.30. The Kier molecular flexibility index (Phi) is 3.35. The average Bonchev–Trinajstić information content (AvgIpc) is 2.98. The summed E-state index contributed by atoms with van der Waals surface area (Å²) in [5.74, 6) is 1.69. The molecule has 0 aliphatic rings. The molecule has 0 aliphatic carbocycles. The van der Waals surface area contributed by atoms with Crippen molar-refractivity contribution < 1.29 is 0 Å². The van der Waals surface area contributed by atoms with Crippen LogP contribution in [0.1, 0.15) is 25.5 Å². The molecule has 3 aromatic rings. The molecule has 0 unspecified atom stereocenters. The van der Waals surface area contributed by atoms with Gasteiger partial charge in [0.1, 0.15) is 12.7 Å². The number of rotatable bonds is 3. The standard InChI is InChI=1S/C15H16N6/c1-10(2)13-7-14(18-8-17-13)21-9-19-15(20-21)11-3-5-12(16)6-4-11/h3-10H,16H2,1-2H3. The van der Waals surface area contributed by atoms with Gasteiger partial charge in [0, 0.05) is 23.0 Å². The highest BCUT2D eigenvalue weighted by molar-refractivity contribution is 5.58. The lowest BCUT2D eigenvalue weighted by Gasteiger charge is -2.05. The SMILES string of the molecule is CC(C)c1cc(-n2cnc(-c3ccc(N)cc3)n2)ncn1. The average molecular weight is 280 g/mol. The second-order valence-corrected chi connectivity index (χ2v) is 5.09. The van der Waals surface area contributed by atoms with Gasteiger partial charge in [-0.2, -0.15) is 0 Å². The highest BCUT2D eigenvalue weighted by atomic mass is 15.4. The van der Waals surface area contributed by atoms with E-state index in [-0.39, 0.29) is 0 Å². The number of nitrogens with two attached hydrogens (primary N) is 1. The van der Waals surface area contributed by atoms with E-state index in [4.69, 9.17) is 5.73 Å². The van der Waals surface area contributed by atoms with E-state index in [0.29, 0.717) is 17.6 Å². The van der Waals surface area contributed by atoms with Crippen molar-refractivity contribution in [3.63, 3.8) is 0 Å². The normalized spacial score (nSPS) is 11.0. The van der Waals surface area contributed by atoms with Gasteiger partial charge in [-0.25, -0.2) is 19.6 Å². The summed E-state index contributed by atoms with van der Waals surface area (Å²) >= 11 is 0. The summed E-state index contributed by atoms with van der Waals surface area (Å²) in [7, 11) is 0. The summed E-state index contributed by atoms with van der Waals surface area (Å²) < 4.78 is 1.65. The Morgan fingerprint density at radius 2 is 1.81 bits per heavy atom. The van der Waals surface area contributed by atoms with Crippen molar-refractivity contribution >= 4 is 5.69 Å². The maximum absolute atomic E-state index is 5.68. The van der Waals surface area contributed by atoms with Gasteiger partial charge in [-0.1, -0.05) is 13.8 Å². The van der Waals surface area contributed by atoms with Gasteiger partial charge < -0.3 is 5.73 Å². The molecule has 0 aliphatic heterocycles. The first-order valence-electron chi connectivity index (χ1n) is 6.73. The first-order chi connectivity index (χ1) is 10.1. The van der Waals surface area contributed by atoms with Gasteiger partial charge in [-0.05, 0) is 30.2 Å². The zero-order valence-electron chi connectivity index (χ0n) is 11.9. The van der Waals surface area contributed by atoms with Crippen LogP contribution in [0.2, 0.25) is 0 Å². The predicted molar refractivity (Wildman–Crippen MR) is 80.9 cm³/mol. The van der Waals surface area contributed by atoms with Crippen LogP contribution in [-0.4, -0.2) is 24.7 Å². The lowest BCUT2D eigenvalue weighted by atomic mass is 10.1. The molecule has 0 radical (unpaired) electrons. The van der Waals surface area contributed by atoms with Crippen molar-refractivity contribution in [1.29, 1.82) is 0 Å². The molecule has 0 bridgehead atoms. The van der Waals surface area contributed by atoms with Crippen LogP contribution in [0.15, 0.2) is 43.0 Å². The summed E-state index contributed by atoms with van der Waals surface area (Å²) in [5, 5.41) is 4.46. The second kappa shape index (κ2) is 5.32. The highest BCUT2D eigenvalue weighted by Crippen LogP contribution is 2.18. The molecule has 0 spiro atoms. The van der Waals surface area contributed by atoms with Crippen LogP contribution in [0.3, 0.4) is 0 Å². The molecular formula is C15H16N6. The molecule has 0 atom stereocenters. The zero-order chi connectivity index (χ0) is 14.8. The predicted octanol–water partition coefficient (Wildman–Crippen LogP) is 2.43. The summed E-state index contributed by atoms with van der Waals surface area (Å²) in [4.78, 5) is 12.8. The topological polar surface area (TPSA) is 82.5 Å². The van der Waals surface area contributed by atoms with Gasteiger partial charge in [0.05, 0.1) is 0 Å². The Morgan fingerprint density at radius 1 is 1.05 bits per heavy atom. The quantitative estimate of drug-likeness (QED) is 0.745. The third-order valence-electron chi connectivity index (χ3n) is 3.16. The van der Waals surface area contributed by atoms with E-state index < -0.39 is 0 Å². The molecule has 0 saturated heterocycles. The van der Waals surface area contributed by atoms with E-state index in [9.17, 15) is 0 Å². The van der Waals surface area contributed by atoms with Crippen LogP contribution in [0.5, 0.6) is 0 Å². The molecule has 1 aromatic carbocycles. The molecule has 2 aromatic heterocycles. The van der Waals surface area contributed by atoms with Crippen molar-refractivity contribution in [2.75, 3.05) is 5.73 Å². The highest BCUT2D eigenvalue weighted by Gasteiger charge is 2.08. The van der Waals surface area contributed by atoms with Gasteiger partial charge in [0.2, 0.25) is 0 Å². The number of benzene rings is 1. The van der Waals surface area contributed by atoms with Crippen molar-refractivity contribution in [2.45, 2.75) is 19.8 Å². The molecule has 6 nitrogen and oxygen atoms in total. The van der Waals surface area contributed by atoms with Crippen molar-refractivity contribution in [3.05, 3.63) is 48.7 Å². The summed E-state index contributed by atoms with van der Waals surface area (Å²) in [6, 6.07) is 9.38. The third kappa shape index (κ3) is 2.74. The first kappa shape index (κ1) is 13.2. The van der Waals surface area contributed by atoms with Crippen molar-refractivity contribution in [1.82, 2.24) is 24.7 Å². The first-order valence-corrected chi connectivity index (χ1v) is 6.73. The lowest BCUT2D eigenvalue weighted by Crippen LogP contribution is -2.02. The molecule has 2 heterocycles. The zero-order valence-corrected chi connectivity index (χ0v) is 11.9. The minimum Gasteiger partial charge on any atom is -0.399 e. The lowest BCUT2D eigenvalue weighted by molar-refractivity contribution is 0.784. The molecule has 0 amide bonds. The Bertz CT molecular complexity index is 745. The third-order valence-corrected chi connectivity index (χ3v) is 3.16. The van der Waals surface area contributed by atoms with Crippen molar-refractivity contribution in [2.24, 2.45) is 0 Å². The number of anilines is 1. The monoisotopic (exact) mass is 280 g/mol. The van der Waals surface area contributed by atoms with Crippen LogP contribution in [-0.2, 0) is 0 Å². The molecule has 106 valence electrons. The van der Waals surface area contributed by atoms with Gasteiger partial charge in [0.15, 0.2) is 11.6 Å². The minimum atomic E-state index is 0.340. The summed E-state index contributed by atoms with van der Waals surface area (Å²) in [6.07, 6.45) is 3.20. The number of hydrogen-bond acceptors (Lipinski definition) is 5. The second-order valence-electron chi connectivity index (χ2n) is 5.09. The summed E-state index contributed by atoms with van der Waals surface area (Å²) in [6.45, 7) is 4.18. The number of nitrogens with zero attached hydrogens (tertiary/aromatic N) is 5. The number of hydrogen-bond donors (Lipinski definition) is 1. The van der Waals surface area contributed by atoms with E-state index in [1.807, 2.05) is 30.3 Å². The van der Waals surface area contributed by atoms with Gasteiger partial charge in [-0.15, -0.1) is 5.10 Å². The fourth-order valence-electron chi connectivity index (χ4n) is 1.94. The van der Waals surface area contributed by atoms with Crippen LogP contribution in [0.25, 0.3) is 17.2 Å². The Hall–Kier alpha value is -2.76. The van der Waals surface area contributed by atoms with Gasteiger partial charge in [0.25, 0.3) is 0 Å². The van der Waals surface area contributed by atoms with Crippen LogP contribution in [0, 0.1) is 0 Å². The van der Waals surface area contributed by atoms with Crippen molar-refractivity contribution in [3.8, 4) is 17.2 Å². The van der Waals surface area contributed by atoms with Crippen LogP contribution < -0.4 is 5.73 Å². The van der Waals surface area contributed by atoms with E-state index in [0.717, 1.165) is 16.9 Å². The fourth-order valence-corrected chi connectivity index (χ4v) is 1.94. The van der Waals surface area contributed by atoms with Crippen LogP contribution >= 0.6 is 0 Å². The largest absolute Gasteiger partial charge is 0.399 e. The Morgan fingerprint density at radius 3 is 2.52 bits per heavy atom. The minimum absolute atomic E-state index is 0.340. The molecular weight excluding hydrogens is 264 g/mol. The van der Waals surface area contributed by atoms with E-state index in [1.54, 1.807) is 17.3 Å². The molecule has 2 N–H and O–H groups in total. The Balaban J connectivity index is 1.94. The van der Waals surface area contributed by atoms with E-state index in [1.165, 1.54) is 0 Å². The fraction of sp³-hybridized carbons (Fsp3) is 0.200. The van der Waals surface area contributed by atoms with E-state index >= 15 is 0 Å². The molecule has 0 fully saturated rings. The maximum atomic E-state index is 5.68. The van der Waals surface area contributed by atoms with Gasteiger partial charge in [-0.3, -0.25) is 0 Å². The smallest absolute Gasteiger partial charge is 0.181 e. The number of nitrogen functional groups attached to an aromatic ring is 1. The molecule has 21 heavy (non-hydrogen) atoms.